The second kappa shape index (κ2) is 26.9. The van der Waals surface area contributed by atoms with E-state index >= 15 is 0 Å². The lowest BCUT2D eigenvalue weighted by molar-refractivity contribution is -0.121. The molecule has 362 valence electrons. The third kappa shape index (κ3) is 17.1. The van der Waals surface area contributed by atoms with Gasteiger partial charge in [0.1, 0.15) is 11.4 Å². The maximum absolute atomic E-state index is 13.1. The summed E-state index contributed by atoms with van der Waals surface area (Å²) >= 11 is 13.1. The van der Waals surface area contributed by atoms with E-state index in [0.717, 1.165) is 11.1 Å². The highest BCUT2D eigenvalue weighted by molar-refractivity contribution is 6.21. The van der Waals surface area contributed by atoms with Gasteiger partial charge in [-0.3, -0.25) is 24.1 Å². The Morgan fingerprint density at radius 2 is 0.971 bits per heavy atom. The molecule has 2 heterocycles. The monoisotopic (exact) mass is 983 g/mol. The van der Waals surface area contributed by atoms with Gasteiger partial charge in [-0.25, -0.2) is 24.4 Å². The summed E-state index contributed by atoms with van der Waals surface area (Å²) in [4.78, 5) is 93.2. The molecule has 0 saturated heterocycles. The highest BCUT2D eigenvalue weighted by atomic mass is 35.5. The molecule has 0 bridgehead atoms. The molecule has 0 radical (unpaired) electrons. The minimum atomic E-state index is -1.36. The van der Waals surface area contributed by atoms with Crippen LogP contribution in [0.5, 0.6) is 5.88 Å². The summed E-state index contributed by atoms with van der Waals surface area (Å²) in [7, 11) is 0. The molecule has 5 aromatic rings. The number of carboxylic acid groups (broad SMARTS) is 3. The van der Waals surface area contributed by atoms with E-state index < -0.39 is 40.0 Å². The Balaban J connectivity index is 1.04. The average Bonchev–Trinajstić information content (AvgIpc) is 3.35. The van der Waals surface area contributed by atoms with Gasteiger partial charge in [-0.15, -0.1) is 23.2 Å². The van der Waals surface area contributed by atoms with Crippen LogP contribution >= 0.6 is 23.2 Å². The van der Waals surface area contributed by atoms with Crippen molar-refractivity contribution in [3.05, 3.63) is 159 Å². The van der Waals surface area contributed by atoms with Crippen molar-refractivity contribution in [2.24, 2.45) is 0 Å². The first-order chi connectivity index (χ1) is 33.2. The molecule has 2 aromatic heterocycles. The summed E-state index contributed by atoms with van der Waals surface area (Å²) in [5.41, 5.74) is 2.90. The van der Waals surface area contributed by atoms with Gasteiger partial charge in [0.15, 0.2) is 5.69 Å². The summed E-state index contributed by atoms with van der Waals surface area (Å²) in [6, 6.07) is 28.2. The van der Waals surface area contributed by atoms with Crippen LogP contribution in [-0.4, -0.2) is 125 Å². The van der Waals surface area contributed by atoms with Crippen LogP contribution < -0.4 is 26.0 Å². The zero-order chi connectivity index (χ0) is 49.7. The molecule has 0 fully saturated rings. The fraction of sp³-hybridized carbons (Fsp3) is 0.286. The Kier molecular flexibility index (Phi) is 20.6. The van der Waals surface area contributed by atoms with E-state index in [2.05, 4.69) is 36.1 Å². The zero-order valence-corrected chi connectivity index (χ0v) is 38.7. The third-order valence-electron chi connectivity index (χ3n) is 10.7. The lowest BCUT2D eigenvalue weighted by Gasteiger charge is -2.23. The van der Waals surface area contributed by atoms with Gasteiger partial charge >= 0.3 is 17.9 Å². The average molecular weight is 985 g/mol. The van der Waals surface area contributed by atoms with E-state index in [1.54, 1.807) is 60.7 Å². The Morgan fingerprint density at radius 1 is 0.551 bits per heavy atom. The SMILES string of the molecule is O=COc1cc(C(Cl)CCc2ccc(C(=O)NCCNCCN(CCNC(=O)c3ccccc3)CCNC(=O)c3ccc(CCC(Cl)c4cc(C(=O)O)nc(C(=O)O)c4)cc3)cc2)cc(C(=O)O)n1. The Hall–Kier alpha value is -7.25. The van der Waals surface area contributed by atoms with Crippen molar-refractivity contribution in [1.29, 1.82) is 0 Å². The summed E-state index contributed by atoms with van der Waals surface area (Å²) in [6.45, 7) is 3.81. The molecule has 69 heavy (non-hydrogen) atoms. The maximum atomic E-state index is 13.1. The predicted molar refractivity (Wildman–Crippen MR) is 256 cm³/mol. The molecule has 0 saturated carbocycles. The van der Waals surface area contributed by atoms with Crippen LogP contribution in [0.15, 0.2) is 103 Å². The number of alkyl halides is 2. The molecule has 3 aromatic carbocycles. The number of pyridine rings is 2. The van der Waals surface area contributed by atoms with E-state index in [4.69, 9.17) is 27.9 Å². The van der Waals surface area contributed by atoms with Crippen molar-refractivity contribution in [3.63, 3.8) is 0 Å². The Morgan fingerprint density at radius 3 is 1.43 bits per heavy atom. The number of hydrogen-bond acceptors (Lipinski definition) is 12. The maximum Gasteiger partial charge on any atom is 0.354 e. The van der Waals surface area contributed by atoms with Crippen molar-refractivity contribution in [1.82, 2.24) is 36.1 Å². The number of aryl methyl sites for hydroxylation is 2. The van der Waals surface area contributed by atoms with Gasteiger partial charge in [0, 0.05) is 75.1 Å². The van der Waals surface area contributed by atoms with Crippen LogP contribution in [0.25, 0.3) is 0 Å². The molecule has 5 rings (SSSR count). The molecule has 20 heteroatoms. The Labute approximate surface area is 407 Å². The van der Waals surface area contributed by atoms with Crippen molar-refractivity contribution in [2.45, 2.75) is 36.4 Å². The number of halogens is 2. The number of amides is 3. The number of nitrogens with zero attached hydrogens (tertiary/aromatic N) is 3. The Bertz CT molecular complexity index is 2540. The number of rotatable bonds is 28. The minimum absolute atomic E-state index is 0.157. The van der Waals surface area contributed by atoms with Crippen LogP contribution in [0.4, 0.5) is 0 Å². The molecule has 2 unspecified atom stereocenters. The number of hydrogen-bond donors (Lipinski definition) is 7. The van der Waals surface area contributed by atoms with Crippen LogP contribution in [-0.2, 0) is 17.6 Å². The highest BCUT2D eigenvalue weighted by Crippen LogP contribution is 2.30. The highest BCUT2D eigenvalue weighted by Gasteiger charge is 2.19. The molecule has 3 amide bonds. The molecule has 18 nitrogen and oxygen atoms in total. The molecule has 0 aliphatic carbocycles. The number of aromatic carboxylic acids is 3. The smallest absolute Gasteiger partial charge is 0.354 e. The third-order valence-corrected chi connectivity index (χ3v) is 11.6. The largest absolute Gasteiger partial charge is 0.477 e. The second-order valence-corrected chi connectivity index (χ2v) is 16.6. The lowest BCUT2D eigenvalue weighted by atomic mass is 10.0. The number of carbonyl (C=O) groups excluding carboxylic acids is 4. The van der Waals surface area contributed by atoms with E-state index in [1.165, 1.54) is 24.3 Å². The summed E-state index contributed by atoms with van der Waals surface area (Å²) in [5, 5.41) is 38.9. The van der Waals surface area contributed by atoms with E-state index in [0.29, 0.717) is 106 Å². The predicted octanol–water partition coefficient (Wildman–Crippen LogP) is 5.41. The summed E-state index contributed by atoms with van der Waals surface area (Å²) < 4.78 is 4.73. The van der Waals surface area contributed by atoms with Gasteiger partial charge in [0.05, 0.1) is 10.8 Å². The molecule has 7 N–H and O–H groups in total. The normalized spacial score (nSPS) is 11.8. The first-order valence-corrected chi connectivity index (χ1v) is 22.7. The number of aromatic nitrogens is 2. The van der Waals surface area contributed by atoms with E-state index in [1.807, 2.05) is 18.2 Å². The fourth-order valence-electron chi connectivity index (χ4n) is 6.96. The zero-order valence-electron chi connectivity index (χ0n) is 37.2. The number of carboxylic acids is 3. The molecular weight excluding hydrogens is 933 g/mol. The van der Waals surface area contributed by atoms with Gasteiger partial charge in [-0.05, 0) is 103 Å². The van der Waals surface area contributed by atoms with Gasteiger partial charge in [-0.1, -0.05) is 42.5 Å². The van der Waals surface area contributed by atoms with Gasteiger partial charge < -0.3 is 41.3 Å². The van der Waals surface area contributed by atoms with E-state index in [9.17, 15) is 48.9 Å². The number of benzene rings is 3. The first-order valence-electron chi connectivity index (χ1n) is 21.8. The first kappa shape index (κ1) is 52.7. The summed E-state index contributed by atoms with van der Waals surface area (Å²) in [6.07, 6.45) is 1.81. The standard InChI is InChI=1S/C49H51Cl2N7O11/c50-38(36-26-40(47(63)64)56-41(27-36)48(65)66)16-10-31-8-14-35(15-9-31)46(62)55-22-25-58(24-21-54-44(60)33-4-2-1-3-5-33)23-20-52-18-19-53-45(61)34-12-6-32(7-13-34)11-17-39(51)37-28-42(49(67)68)57-43(29-37)69-30-59/h1-9,12-15,26-30,38-39,52H,10-11,16-25H2,(H,53,61)(H,54,60)(H,55,62)(H,63,64)(H,65,66)(H,67,68). The van der Waals surface area contributed by atoms with Gasteiger partial charge in [0.2, 0.25) is 5.88 Å². The minimum Gasteiger partial charge on any atom is -0.477 e. The van der Waals surface area contributed by atoms with Gasteiger partial charge in [-0.2, -0.15) is 0 Å². The lowest BCUT2D eigenvalue weighted by Crippen LogP contribution is -2.43. The topological polar surface area (TPSA) is 267 Å². The van der Waals surface area contributed by atoms with Crippen LogP contribution in [0.1, 0.15) is 108 Å². The molecular formula is C49H51Cl2N7O11. The molecule has 2 atom stereocenters. The summed E-state index contributed by atoms with van der Waals surface area (Å²) in [5.74, 6) is -4.89. The van der Waals surface area contributed by atoms with Crippen molar-refractivity contribution in [2.75, 3.05) is 52.4 Å². The molecule has 0 aliphatic heterocycles. The van der Waals surface area contributed by atoms with Gasteiger partial charge in [0.25, 0.3) is 24.2 Å². The molecule has 0 aliphatic rings. The van der Waals surface area contributed by atoms with Crippen molar-refractivity contribution < 1.29 is 53.6 Å². The molecule has 0 spiro atoms. The second-order valence-electron chi connectivity index (χ2n) is 15.6. The van der Waals surface area contributed by atoms with Crippen LogP contribution in [0.3, 0.4) is 0 Å². The van der Waals surface area contributed by atoms with Crippen LogP contribution in [0.2, 0.25) is 0 Å². The van der Waals surface area contributed by atoms with Crippen LogP contribution in [0, 0.1) is 0 Å². The number of nitrogens with one attached hydrogen (secondary N) is 4. The fourth-order valence-corrected chi connectivity index (χ4v) is 7.43. The van der Waals surface area contributed by atoms with Crippen molar-refractivity contribution >= 4 is 65.3 Å². The van der Waals surface area contributed by atoms with Crippen molar-refractivity contribution in [3.8, 4) is 5.88 Å². The van der Waals surface area contributed by atoms with E-state index in [-0.39, 0.29) is 35.8 Å². The number of ether oxygens (including phenoxy) is 1. The number of carbonyl (C=O) groups is 7. The quantitative estimate of drug-likeness (QED) is 0.0188.